The molecule has 0 unspecified atom stereocenters. The maximum absolute atomic E-state index is 11.6. The molecule has 41 heavy (non-hydrogen) atoms. The van der Waals surface area contributed by atoms with Crippen LogP contribution in [-0.2, 0) is 29.1 Å². The lowest BCUT2D eigenvalue weighted by atomic mass is 9.97. The first kappa shape index (κ1) is 31.2. The predicted octanol–water partition coefficient (Wildman–Crippen LogP) is 2.28. The van der Waals surface area contributed by atoms with Crippen molar-refractivity contribution < 1.29 is 47.2 Å². The van der Waals surface area contributed by atoms with Gasteiger partial charge in [-0.25, -0.2) is 18.0 Å². The molecule has 3 rings (SSSR count). The molecular weight excluding hydrogens is 556 g/mol. The summed E-state index contributed by atoms with van der Waals surface area (Å²) in [4.78, 5) is 22.8. The Morgan fingerprint density at radius 2 is 1.27 bits per heavy atom. The fraction of sp³-hybridized carbons (Fsp3) is 0.286. The van der Waals surface area contributed by atoms with Crippen LogP contribution in [0, 0.1) is 0 Å². The van der Waals surface area contributed by atoms with Gasteiger partial charge in [-0.1, -0.05) is 30.3 Å². The van der Waals surface area contributed by atoms with E-state index in [0.29, 0.717) is 17.1 Å². The highest BCUT2D eigenvalue weighted by Gasteiger charge is 2.19. The number of benzene rings is 3. The molecule has 12 nitrogen and oxygen atoms in total. The second-order valence-corrected chi connectivity index (χ2v) is 10.6. The molecule has 220 valence electrons. The summed E-state index contributed by atoms with van der Waals surface area (Å²) in [6.45, 7) is -0.423. The van der Waals surface area contributed by atoms with Crippen LogP contribution in [-0.4, -0.2) is 70.8 Å². The molecule has 0 aliphatic rings. The Morgan fingerprint density at radius 3 is 1.71 bits per heavy atom. The van der Waals surface area contributed by atoms with E-state index in [1.165, 1.54) is 32.4 Å². The van der Waals surface area contributed by atoms with Crippen LogP contribution in [0.4, 0.5) is 5.69 Å². The molecule has 0 amide bonds. The van der Waals surface area contributed by atoms with Crippen molar-refractivity contribution in [1.82, 2.24) is 5.32 Å². The molecule has 0 spiro atoms. The normalized spacial score (nSPS) is 11.9. The Kier molecular flexibility index (Phi) is 10.9. The molecule has 1 atom stereocenters. The third-order valence-electron chi connectivity index (χ3n) is 5.81. The minimum atomic E-state index is -3.65. The lowest BCUT2D eigenvalue weighted by Crippen LogP contribution is -2.27. The molecule has 0 bridgehead atoms. The lowest BCUT2D eigenvalue weighted by Gasteiger charge is -2.23. The minimum absolute atomic E-state index is 0.0503. The van der Waals surface area contributed by atoms with Crippen LogP contribution in [0.15, 0.2) is 66.7 Å². The third kappa shape index (κ3) is 9.67. The number of phenolic OH excluding ortho intramolecular Hbond substituents is 1. The quantitative estimate of drug-likeness (QED) is 0.161. The molecule has 0 saturated heterocycles. The Balaban J connectivity index is 1.81. The molecule has 0 saturated carbocycles. The van der Waals surface area contributed by atoms with Crippen molar-refractivity contribution >= 4 is 27.6 Å². The summed E-state index contributed by atoms with van der Waals surface area (Å²) in [5.74, 6) is -0.386. The number of methoxy groups -OCH3 is 2. The molecule has 3 aromatic rings. The number of hydrogen-bond donors (Lipinski definition) is 4. The number of carbonyl (C=O) groups is 2. The van der Waals surface area contributed by atoms with E-state index in [0.717, 1.165) is 17.4 Å². The minimum Gasteiger partial charge on any atom is -0.506 e. The summed E-state index contributed by atoms with van der Waals surface area (Å²) in [6.07, 6.45) is -0.109. The van der Waals surface area contributed by atoms with Crippen LogP contribution < -0.4 is 19.5 Å². The molecule has 3 aromatic carbocycles. The van der Waals surface area contributed by atoms with Gasteiger partial charge in [0.2, 0.25) is 10.0 Å². The van der Waals surface area contributed by atoms with E-state index < -0.39 is 34.1 Å². The van der Waals surface area contributed by atoms with E-state index in [4.69, 9.17) is 9.47 Å². The number of rotatable bonds is 14. The van der Waals surface area contributed by atoms with Crippen molar-refractivity contribution in [2.24, 2.45) is 0 Å². The fourth-order valence-electron chi connectivity index (χ4n) is 3.73. The van der Waals surface area contributed by atoms with E-state index in [1.807, 2.05) is 0 Å². The number of aliphatic hydroxyl groups excluding tert-OH is 1. The summed E-state index contributed by atoms with van der Waals surface area (Å²) in [6, 6.07) is 17.7. The number of hydrogen-bond acceptors (Lipinski definition) is 11. The van der Waals surface area contributed by atoms with Crippen LogP contribution in [0.3, 0.4) is 0 Å². The fourth-order valence-corrected chi connectivity index (χ4v) is 4.30. The molecule has 0 radical (unpaired) electrons. The number of anilines is 1. The summed E-state index contributed by atoms with van der Waals surface area (Å²) < 4.78 is 45.5. The lowest BCUT2D eigenvalue weighted by molar-refractivity contribution is -0.143. The zero-order chi connectivity index (χ0) is 30.0. The number of aliphatic hydroxyl groups is 1. The van der Waals surface area contributed by atoms with Gasteiger partial charge in [-0.3, -0.25) is 4.72 Å². The Labute approximate surface area is 237 Å². The van der Waals surface area contributed by atoms with Crippen molar-refractivity contribution in [3.8, 4) is 17.2 Å². The highest BCUT2D eigenvalue weighted by atomic mass is 32.2. The number of phenols is 1. The summed E-state index contributed by atoms with van der Waals surface area (Å²) in [7, 11) is -1.11. The summed E-state index contributed by atoms with van der Waals surface area (Å²) >= 11 is 0. The average molecular weight is 589 g/mol. The first-order valence-corrected chi connectivity index (χ1v) is 14.2. The van der Waals surface area contributed by atoms with Crippen molar-refractivity contribution in [2.45, 2.75) is 12.1 Å². The van der Waals surface area contributed by atoms with Crippen molar-refractivity contribution in [3.05, 3.63) is 83.4 Å². The largest absolute Gasteiger partial charge is 0.506 e. The molecule has 0 heterocycles. The monoisotopic (exact) mass is 588 g/mol. The van der Waals surface area contributed by atoms with Crippen molar-refractivity contribution in [3.63, 3.8) is 0 Å². The van der Waals surface area contributed by atoms with Gasteiger partial charge in [-0.05, 0) is 53.1 Å². The molecule has 0 aliphatic carbocycles. The standard InChI is InChI=1S/C28H32N2O10S/c1-37-26(33)16-39-21-9-4-18(5-10-21)28(19-6-11-22(12-7-19)40-17-27(34)38-2)29-15-25(32)20-8-13-24(31)23(14-20)30-41(3,35)36/h4-14,25,28-32H,15-17H2,1-3H3/t25-/m0/s1. The van der Waals surface area contributed by atoms with Gasteiger partial charge in [-0.2, -0.15) is 0 Å². The highest BCUT2D eigenvalue weighted by Crippen LogP contribution is 2.30. The number of carbonyl (C=O) groups excluding carboxylic acids is 2. The maximum Gasteiger partial charge on any atom is 0.343 e. The zero-order valence-corrected chi connectivity index (χ0v) is 23.5. The van der Waals surface area contributed by atoms with E-state index >= 15 is 0 Å². The predicted molar refractivity (Wildman–Crippen MR) is 149 cm³/mol. The van der Waals surface area contributed by atoms with Gasteiger partial charge in [0.1, 0.15) is 17.2 Å². The SMILES string of the molecule is COC(=O)COc1ccc(C(NC[C@H](O)c2ccc(O)c(NS(C)(=O)=O)c2)c2ccc(OCC(=O)OC)cc2)cc1. The number of ether oxygens (including phenoxy) is 4. The number of sulfonamides is 1. The zero-order valence-electron chi connectivity index (χ0n) is 22.7. The second kappa shape index (κ2) is 14.3. The van der Waals surface area contributed by atoms with Crippen LogP contribution in [0.1, 0.15) is 28.8 Å². The van der Waals surface area contributed by atoms with Crippen LogP contribution >= 0.6 is 0 Å². The summed E-state index contributed by atoms with van der Waals surface area (Å²) in [5.41, 5.74) is 1.93. The van der Waals surface area contributed by atoms with Gasteiger partial charge in [-0.15, -0.1) is 0 Å². The van der Waals surface area contributed by atoms with Gasteiger partial charge in [0.25, 0.3) is 0 Å². The smallest absolute Gasteiger partial charge is 0.343 e. The molecule has 4 N–H and O–H groups in total. The topological polar surface area (TPSA) is 170 Å². The highest BCUT2D eigenvalue weighted by molar-refractivity contribution is 7.92. The third-order valence-corrected chi connectivity index (χ3v) is 6.40. The van der Waals surface area contributed by atoms with Crippen molar-refractivity contribution in [2.75, 3.05) is 45.0 Å². The van der Waals surface area contributed by atoms with Crippen LogP contribution in [0.25, 0.3) is 0 Å². The van der Waals surface area contributed by atoms with E-state index in [9.17, 15) is 28.2 Å². The Bertz CT molecular complexity index is 1360. The average Bonchev–Trinajstić information content (AvgIpc) is 2.96. The first-order chi connectivity index (χ1) is 19.5. The Morgan fingerprint density at radius 1 is 0.805 bits per heavy atom. The summed E-state index contributed by atoms with van der Waals surface area (Å²) in [5, 5.41) is 24.2. The van der Waals surface area contributed by atoms with Gasteiger partial charge >= 0.3 is 11.9 Å². The van der Waals surface area contributed by atoms with Crippen molar-refractivity contribution in [1.29, 1.82) is 0 Å². The number of esters is 2. The van der Waals surface area contributed by atoms with Gasteiger partial charge < -0.3 is 34.5 Å². The number of nitrogens with one attached hydrogen (secondary N) is 2. The van der Waals surface area contributed by atoms with Gasteiger partial charge in [0, 0.05) is 6.54 Å². The van der Waals surface area contributed by atoms with Crippen LogP contribution in [0.5, 0.6) is 17.2 Å². The van der Waals surface area contributed by atoms with Crippen LogP contribution in [0.2, 0.25) is 0 Å². The molecule has 0 fully saturated rings. The van der Waals surface area contributed by atoms with E-state index in [2.05, 4.69) is 19.5 Å². The second-order valence-electron chi connectivity index (χ2n) is 8.88. The Hall–Kier alpha value is -4.33. The molecule has 0 aromatic heterocycles. The van der Waals surface area contributed by atoms with E-state index in [1.54, 1.807) is 48.5 Å². The molecule has 0 aliphatic heterocycles. The first-order valence-electron chi connectivity index (χ1n) is 12.3. The van der Waals surface area contributed by atoms with Gasteiger partial charge in [0.15, 0.2) is 13.2 Å². The molecule has 13 heteroatoms. The maximum atomic E-state index is 11.6. The number of aromatic hydroxyl groups is 1. The molecular formula is C28H32N2O10S. The van der Waals surface area contributed by atoms with E-state index in [-0.39, 0.29) is 31.2 Å². The van der Waals surface area contributed by atoms with Gasteiger partial charge in [0.05, 0.1) is 38.3 Å².